The van der Waals surface area contributed by atoms with Gasteiger partial charge in [0.05, 0.1) is 6.10 Å². The van der Waals surface area contributed by atoms with Gasteiger partial charge in [0.25, 0.3) is 0 Å². The molecule has 15 heavy (non-hydrogen) atoms. The lowest BCUT2D eigenvalue weighted by Crippen LogP contribution is -2.12. The lowest BCUT2D eigenvalue weighted by Gasteiger charge is -2.07. The number of aliphatic hydroxyl groups is 1. The summed E-state index contributed by atoms with van der Waals surface area (Å²) in [7, 11) is 0. The molecule has 1 aromatic carbocycles. The number of nitrogens with two attached hydrogens (primary N) is 1. The second-order valence-corrected chi connectivity index (χ2v) is 4.52. The minimum Gasteiger partial charge on any atom is -0.387 e. The van der Waals surface area contributed by atoms with Crippen molar-refractivity contribution in [3.63, 3.8) is 0 Å². The third kappa shape index (κ3) is 1.80. The molecule has 4 N–H and O–H groups in total. The van der Waals surface area contributed by atoms with E-state index in [1.807, 2.05) is 25.1 Å². The second kappa shape index (κ2) is 3.96. The van der Waals surface area contributed by atoms with Crippen LogP contribution in [0, 0.1) is 6.92 Å². The first-order valence-electron chi connectivity index (χ1n) is 4.79. The Morgan fingerprint density at radius 3 is 2.93 bits per heavy atom. The first kappa shape index (κ1) is 10.7. The summed E-state index contributed by atoms with van der Waals surface area (Å²) in [5.74, 6) is 0. The molecule has 0 radical (unpaired) electrons. The van der Waals surface area contributed by atoms with Crippen LogP contribution in [0.3, 0.4) is 0 Å². The van der Waals surface area contributed by atoms with Crippen LogP contribution in [0.1, 0.15) is 17.4 Å². The average molecular weight is 269 g/mol. The van der Waals surface area contributed by atoms with Crippen molar-refractivity contribution in [3.8, 4) is 0 Å². The van der Waals surface area contributed by atoms with Gasteiger partial charge in [0.2, 0.25) is 0 Å². The molecule has 0 saturated heterocycles. The monoisotopic (exact) mass is 268 g/mol. The summed E-state index contributed by atoms with van der Waals surface area (Å²) >= 11 is 3.42. The highest BCUT2D eigenvalue weighted by Crippen LogP contribution is 2.29. The summed E-state index contributed by atoms with van der Waals surface area (Å²) in [6.07, 6.45) is -0.604. The Kier molecular flexibility index (Phi) is 2.82. The number of hydrogen-bond donors (Lipinski definition) is 3. The highest BCUT2D eigenvalue weighted by atomic mass is 79.9. The van der Waals surface area contributed by atoms with Crippen molar-refractivity contribution < 1.29 is 5.11 Å². The van der Waals surface area contributed by atoms with Gasteiger partial charge in [-0.25, -0.2) is 0 Å². The summed E-state index contributed by atoms with van der Waals surface area (Å²) in [4.78, 5) is 3.23. The highest BCUT2D eigenvalue weighted by Gasteiger charge is 2.15. The number of aromatic amines is 1. The predicted molar refractivity (Wildman–Crippen MR) is 64.7 cm³/mol. The van der Waals surface area contributed by atoms with E-state index in [1.165, 1.54) is 0 Å². The number of aromatic nitrogens is 1. The van der Waals surface area contributed by atoms with Gasteiger partial charge in [0, 0.05) is 33.2 Å². The molecule has 0 saturated carbocycles. The molecule has 3 nitrogen and oxygen atoms in total. The lowest BCUT2D eigenvalue weighted by atomic mass is 10.1. The van der Waals surface area contributed by atoms with Crippen LogP contribution in [0.4, 0.5) is 0 Å². The van der Waals surface area contributed by atoms with E-state index >= 15 is 0 Å². The minimum absolute atomic E-state index is 0.236. The highest BCUT2D eigenvalue weighted by molar-refractivity contribution is 9.10. The molecule has 2 aromatic rings. The molecular formula is C11H13BrN2O. The van der Waals surface area contributed by atoms with Gasteiger partial charge < -0.3 is 15.8 Å². The molecular weight excluding hydrogens is 256 g/mol. The summed E-state index contributed by atoms with van der Waals surface area (Å²) in [6, 6.07) is 5.95. The standard InChI is InChI=1S/C11H13BrN2O/c1-6-11(10(15)5-13)8-4-7(12)2-3-9(8)14-6/h2-4,10,14-15H,5,13H2,1H3. The maximum Gasteiger partial charge on any atom is 0.0935 e. The topological polar surface area (TPSA) is 62.0 Å². The SMILES string of the molecule is Cc1[nH]c2ccc(Br)cc2c1C(O)CN. The molecule has 4 heteroatoms. The van der Waals surface area contributed by atoms with Crippen molar-refractivity contribution in [2.45, 2.75) is 13.0 Å². The number of rotatable bonds is 2. The van der Waals surface area contributed by atoms with Crippen LogP contribution in [-0.2, 0) is 0 Å². The fraction of sp³-hybridized carbons (Fsp3) is 0.273. The Bertz CT molecular complexity index is 493. The van der Waals surface area contributed by atoms with E-state index in [0.29, 0.717) is 0 Å². The van der Waals surface area contributed by atoms with E-state index in [-0.39, 0.29) is 6.54 Å². The van der Waals surface area contributed by atoms with E-state index in [9.17, 15) is 5.11 Å². The van der Waals surface area contributed by atoms with E-state index < -0.39 is 6.10 Å². The molecule has 1 heterocycles. The Hall–Kier alpha value is -0.840. The van der Waals surface area contributed by atoms with Crippen LogP contribution in [-0.4, -0.2) is 16.6 Å². The van der Waals surface area contributed by atoms with Gasteiger partial charge in [-0.3, -0.25) is 0 Å². The third-order valence-electron chi connectivity index (χ3n) is 2.55. The molecule has 0 bridgehead atoms. The van der Waals surface area contributed by atoms with Crippen molar-refractivity contribution in [2.24, 2.45) is 5.73 Å². The molecule has 1 aromatic heterocycles. The van der Waals surface area contributed by atoms with Crippen molar-refractivity contribution in [2.75, 3.05) is 6.54 Å². The van der Waals surface area contributed by atoms with Crippen molar-refractivity contribution in [1.29, 1.82) is 0 Å². The number of nitrogens with one attached hydrogen (secondary N) is 1. The lowest BCUT2D eigenvalue weighted by molar-refractivity contribution is 0.187. The summed E-state index contributed by atoms with van der Waals surface area (Å²) in [5, 5.41) is 10.9. The summed E-state index contributed by atoms with van der Waals surface area (Å²) in [5.41, 5.74) is 8.38. The first-order valence-corrected chi connectivity index (χ1v) is 5.58. The normalized spacial score (nSPS) is 13.3. The van der Waals surface area contributed by atoms with Gasteiger partial charge in [0.1, 0.15) is 0 Å². The molecule has 0 aliphatic heterocycles. The van der Waals surface area contributed by atoms with Crippen molar-refractivity contribution in [1.82, 2.24) is 4.98 Å². The minimum atomic E-state index is -0.604. The molecule has 0 amide bonds. The van der Waals surface area contributed by atoms with Gasteiger partial charge in [-0.1, -0.05) is 15.9 Å². The van der Waals surface area contributed by atoms with Crippen LogP contribution in [0.15, 0.2) is 22.7 Å². The number of hydrogen-bond acceptors (Lipinski definition) is 2. The molecule has 0 aliphatic rings. The van der Waals surface area contributed by atoms with E-state index in [1.54, 1.807) is 0 Å². The third-order valence-corrected chi connectivity index (χ3v) is 3.05. The molecule has 1 atom stereocenters. The Morgan fingerprint density at radius 1 is 1.53 bits per heavy atom. The van der Waals surface area contributed by atoms with Gasteiger partial charge >= 0.3 is 0 Å². The fourth-order valence-corrected chi connectivity index (χ4v) is 2.23. The summed E-state index contributed by atoms with van der Waals surface area (Å²) in [6.45, 7) is 2.18. The molecule has 2 rings (SSSR count). The van der Waals surface area contributed by atoms with E-state index in [2.05, 4.69) is 20.9 Å². The average Bonchev–Trinajstić information content (AvgIpc) is 2.52. The van der Waals surface area contributed by atoms with Crippen LogP contribution >= 0.6 is 15.9 Å². The van der Waals surface area contributed by atoms with Crippen molar-refractivity contribution in [3.05, 3.63) is 33.9 Å². The second-order valence-electron chi connectivity index (χ2n) is 3.61. The maximum absolute atomic E-state index is 9.83. The molecule has 0 spiro atoms. The van der Waals surface area contributed by atoms with E-state index in [4.69, 9.17) is 5.73 Å². The quantitative estimate of drug-likeness (QED) is 0.782. The van der Waals surface area contributed by atoms with Crippen LogP contribution in [0.5, 0.6) is 0 Å². The number of H-pyrrole nitrogens is 1. The maximum atomic E-state index is 9.83. The Labute approximate surface area is 96.4 Å². The fourth-order valence-electron chi connectivity index (χ4n) is 1.87. The molecule has 80 valence electrons. The zero-order chi connectivity index (χ0) is 11.0. The zero-order valence-corrected chi connectivity index (χ0v) is 10.0. The van der Waals surface area contributed by atoms with Crippen LogP contribution in [0.2, 0.25) is 0 Å². The number of halogens is 1. The number of fused-ring (bicyclic) bond motifs is 1. The van der Waals surface area contributed by atoms with Crippen LogP contribution < -0.4 is 5.73 Å². The Balaban J connectivity index is 2.70. The molecule has 0 aliphatic carbocycles. The molecule has 1 unspecified atom stereocenters. The van der Waals surface area contributed by atoms with Gasteiger partial charge in [-0.2, -0.15) is 0 Å². The van der Waals surface area contributed by atoms with Gasteiger partial charge in [-0.05, 0) is 25.1 Å². The van der Waals surface area contributed by atoms with Crippen LogP contribution in [0.25, 0.3) is 10.9 Å². The summed E-state index contributed by atoms with van der Waals surface area (Å²) < 4.78 is 1.000. The van der Waals surface area contributed by atoms with Crippen molar-refractivity contribution >= 4 is 26.8 Å². The zero-order valence-electron chi connectivity index (χ0n) is 8.42. The largest absolute Gasteiger partial charge is 0.387 e. The van der Waals surface area contributed by atoms with Gasteiger partial charge in [0.15, 0.2) is 0 Å². The smallest absolute Gasteiger partial charge is 0.0935 e. The molecule has 0 fully saturated rings. The Morgan fingerprint density at radius 2 is 2.27 bits per heavy atom. The predicted octanol–water partition coefficient (Wildman–Crippen LogP) is 2.23. The van der Waals surface area contributed by atoms with Gasteiger partial charge in [-0.15, -0.1) is 0 Å². The first-order chi connectivity index (χ1) is 7.13. The van der Waals surface area contributed by atoms with E-state index in [0.717, 1.165) is 26.6 Å². The number of aliphatic hydroxyl groups excluding tert-OH is 1. The number of benzene rings is 1. The number of aryl methyl sites for hydroxylation is 1.